The minimum absolute atomic E-state index is 0.529. The first-order valence-electron chi connectivity index (χ1n) is 8.76. The van der Waals surface area contributed by atoms with Crippen LogP contribution in [0.25, 0.3) is 0 Å². The Hall–Kier alpha value is -1.54. The van der Waals surface area contributed by atoms with Crippen molar-refractivity contribution in [2.45, 2.75) is 47.0 Å². The van der Waals surface area contributed by atoms with Crippen molar-refractivity contribution in [1.82, 2.24) is 10.2 Å². The van der Waals surface area contributed by atoms with Crippen LogP contribution in [0.1, 0.15) is 47.0 Å². The van der Waals surface area contributed by atoms with Crippen molar-refractivity contribution in [2.75, 3.05) is 19.6 Å². The highest BCUT2D eigenvalue weighted by Crippen LogP contribution is 2.31. The van der Waals surface area contributed by atoms with Gasteiger partial charge < -0.3 is 10.2 Å². The van der Waals surface area contributed by atoms with Gasteiger partial charge in [-0.3, -0.25) is 0 Å². The summed E-state index contributed by atoms with van der Waals surface area (Å²) in [4.78, 5) is 2.34. The third-order valence-corrected chi connectivity index (χ3v) is 4.71. The van der Waals surface area contributed by atoms with Crippen LogP contribution in [0.15, 0.2) is 60.0 Å². The van der Waals surface area contributed by atoms with Crippen molar-refractivity contribution in [3.05, 3.63) is 60.0 Å². The van der Waals surface area contributed by atoms with E-state index in [4.69, 9.17) is 0 Å². The van der Waals surface area contributed by atoms with E-state index in [1.165, 1.54) is 35.3 Å². The van der Waals surface area contributed by atoms with E-state index in [0.29, 0.717) is 5.92 Å². The summed E-state index contributed by atoms with van der Waals surface area (Å²) in [6, 6.07) is 0. The fourth-order valence-corrected chi connectivity index (χ4v) is 2.96. The molecule has 1 aliphatic heterocycles. The van der Waals surface area contributed by atoms with Crippen molar-refractivity contribution in [1.29, 1.82) is 0 Å². The van der Waals surface area contributed by atoms with Gasteiger partial charge in [0, 0.05) is 25.0 Å². The minimum Gasteiger partial charge on any atom is -0.346 e. The number of rotatable bonds is 4. The minimum atomic E-state index is 0.529. The van der Waals surface area contributed by atoms with E-state index in [9.17, 15) is 0 Å². The lowest BCUT2D eigenvalue weighted by Gasteiger charge is -2.32. The van der Waals surface area contributed by atoms with Crippen LogP contribution in [0.3, 0.4) is 0 Å². The highest BCUT2D eigenvalue weighted by molar-refractivity contribution is 5.40. The van der Waals surface area contributed by atoms with Crippen molar-refractivity contribution in [2.24, 2.45) is 5.92 Å². The molecule has 2 nitrogen and oxygen atoms in total. The molecule has 1 atom stereocenters. The third kappa shape index (κ3) is 5.54. The van der Waals surface area contributed by atoms with E-state index in [-0.39, 0.29) is 0 Å². The molecule has 0 spiro atoms. The zero-order valence-electron chi connectivity index (χ0n) is 15.5. The van der Waals surface area contributed by atoms with Crippen molar-refractivity contribution >= 4 is 0 Å². The normalized spacial score (nSPS) is 23.5. The fourth-order valence-electron chi connectivity index (χ4n) is 2.96. The summed E-state index contributed by atoms with van der Waals surface area (Å²) in [6.45, 7) is 24.1. The van der Waals surface area contributed by atoms with E-state index in [1.54, 1.807) is 0 Å². The molecule has 0 aromatic heterocycles. The summed E-state index contributed by atoms with van der Waals surface area (Å²) in [5, 5.41) is 3.55. The summed E-state index contributed by atoms with van der Waals surface area (Å²) in [6.07, 6.45) is 7.69. The average Bonchev–Trinajstić information content (AvgIpc) is 2.53. The number of hydrogen-bond acceptors (Lipinski definition) is 2. The molecular formula is C21H34N2. The third-order valence-electron chi connectivity index (χ3n) is 4.71. The largest absolute Gasteiger partial charge is 0.346 e. The van der Waals surface area contributed by atoms with Crippen LogP contribution in [-0.4, -0.2) is 24.5 Å². The van der Waals surface area contributed by atoms with Gasteiger partial charge in [-0.25, -0.2) is 0 Å². The van der Waals surface area contributed by atoms with E-state index in [2.05, 4.69) is 63.8 Å². The molecule has 23 heavy (non-hydrogen) atoms. The Bertz CT molecular complexity index is 508. The van der Waals surface area contributed by atoms with E-state index < -0.39 is 0 Å². The predicted octanol–water partition coefficient (Wildman–Crippen LogP) is 5.19. The Balaban J connectivity index is 3.33. The Morgan fingerprint density at radius 2 is 2.00 bits per heavy atom. The SMILES string of the molecule is C=C/C(C)=C1/C(=C)C(CC)CCCNCCN1/C=C(\C)C(=C)C. The maximum absolute atomic E-state index is 4.47. The molecule has 1 saturated heterocycles. The van der Waals surface area contributed by atoms with Crippen molar-refractivity contribution in [3.8, 4) is 0 Å². The van der Waals surface area contributed by atoms with Gasteiger partial charge in [0.05, 0.1) is 0 Å². The first-order chi connectivity index (χ1) is 10.9. The van der Waals surface area contributed by atoms with Gasteiger partial charge in [0.2, 0.25) is 0 Å². The molecular weight excluding hydrogens is 280 g/mol. The van der Waals surface area contributed by atoms with Gasteiger partial charge in [-0.05, 0) is 69.2 Å². The molecule has 0 amide bonds. The number of allylic oxidation sites excluding steroid dienone is 5. The number of nitrogens with zero attached hydrogens (tertiary/aromatic N) is 1. The standard InChI is InChI=1S/C21H34N2/c1-8-17(5)21-19(7)20(9-2)11-10-12-22-13-14-23(21)15-18(6)16(3)4/h8,15,20,22H,1,3,7,9-14H2,2,4-6H3/b18-15+,21-17-. The monoisotopic (exact) mass is 314 g/mol. The number of hydrogen-bond donors (Lipinski definition) is 1. The molecule has 0 saturated carbocycles. The molecule has 0 radical (unpaired) electrons. The molecule has 1 unspecified atom stereocenters. The van der Waals surface area contributed by atoms with Gasteiger partial charge in [0.15, 0.2) is 0 Å². The molecule has 2 heteroatoms. The van der Waals surface area contributed by atoms with Crippen LogP contribution in [0.5, 0.6) is 0 Å². The highest BCUT2D eigenvalue weighted by atomic mass is 15.1. The second kappa shape index (κ2) is 9.57. The molecule has 1 heterocycles. The summed E-state index contributed by atoms with van der Waals surface area (Å²) >= 11 is 0. The van der Waals surface area contributed by atoms with Crippen LogP contribution in [-0.2, 0) is 0 Å². The Kier molecular flexibility index (Phi) is 8.11. The fraction of sp³-hybridized carbons (Fsp3) is 0.524. The van der Waals surface area contributed by atoms with Gasteiger partial charge in [0.25, 0.3) is 0 Å². The second-order valence-corrected chi connectivity index (χ2v) is 6.54. The smallest absolute Gasteiger partial charge is 0.0465 e. The van der Waals surface area contributed by atoms with Gasteiger partial charge in [-0.15, -0.1) is 0 Å². The maximum atomic E-state index is 4.47. The van der Waals surface area contributed by atoms with Crippen LogP contribution >= 0.6 is 0 Å². The van der Waals surface area contributed by atoms with Gasteiger partial charge >= 0.3 is 0 Å². The zero-order valence-corrected chi connectivity index (χ0v) is 15.5. The quantitative estimate of drug-likeness (QED) is 0.718. The van der Waals surface area contributed by atoms with Crippen LogP contribution in [0, 0.1) is 5.92 Å². The van der Waals surface area contributed by atoms with Crippen molar-refractivity contribution in [3.63, 3.8) is 0 Å². The highest BCUT2D eigenvalue weighted by Gasteiger charge is 2.21. The zero-order chi connectivity index (χ0) is 17.4. The van der Waals surface area contributed by atoms with Crippen LogP contribution < -0.4 is 5.32 Å². The van der Waals surface area contributed by atoms with Crippen molar-refractivity contribution < 1.29 is 0 Å². The molecule has 0 bridgehead atoms. The molecule has 0 aliphatic carbocycles. The maximum Gasteiger partial charge on any atom is 0.0465 e. The van der Waals surface area contributed by atoms with Gasteiger partial charge in [-0.2, -0.15) is 0 Å². The van der Waals surface area contributed by atoms with E-state index in [0.717, 1.165) is 31.6 Å². The topological polar surface area (TPSA) is 15.3 Å². The molecule has 1 aliphatic rings. The predicted molar refractivity (Wildman–Crippen MR) is 103 cm³/mol. The molecule has 1 N–H and O–H groups in total. The Morgan fingerprint density at radius 3 is 2.57 bits per heavy atom. The Morgan fingerprint density at radius 1 is 1.30 bits per heavy atom. The van der Waals surface area contributed by atoms with Gasteiger partial charge in [-0.1, -0.05) is 38.3 Å². The summed E-state index contributed by atoms with van der Waals surface area (Å²) < 4.78 is 0. The lowest BCUT2D eigenvalue weighted by atomic mass is 9.88. The summed E-state index contributed by atoms with van der Waals surface area (Å²) in [5.74, 6) is 0.529. The molecule has 128 valence electrons. The Labute approximate surface area is 143 Å². The van der Waals surface area contributed by atoms with Gasteiger partial charge in [0.1, 0.15) is 0 Å². The molecule has 1 rings (SSSR count). The number of nitrogens with one attached hydrogen (secondary N) is 1. The van der Waals surface area contributed by atoms with E-state index in [1.807, 2.05) is 6.08 Å². The molecule has 0 aromatic carbocycles. The van der Waals surface area contributed by atoms with E-state index >= 15 is 0 Å². The summed E-state index contributed by atoms with van der Waals surface area (Å²) in [7, 11) is 0. The second-order valence-electron chi connectivity index (χ2n) is 6.54. The molecule has 0 aromatic rings. The van der Waals surface area contributed by atoms with Crippen LogP contribution in [0.2, 0.25) is 0 Å². The molecule has 1 fully saturated rings. The first kappa shape index (κ1) is 19.5. The first-order valence-corrected chi connectivity index (χ1v) is 8.76. The lowest BCUT2D eigenvalue weighted by molar-refractivity contribution is 0.403. The summed E-state index contributed by atoms with van der Waals surface area (Å²) in [5.41, 5.74) is 5.98. The lowest BCUT2D eigenvalue weighted by Crippen LogP contribution is -2.32. The van der Waals surface area contributed by atoms with Crippen LogP contribution in [0.4, 0.5) is 0 Å². The average molecular weight is 315 g/mol.